The number of carbonyl (C=O) groups excluding carboxylic acids is 1. The summed E-state index contributed by atoms with van der Waals surface area (Å²) in [6, 6.07) is 8.95. The molecule has 20 heavy (non-hydrogen) atoms. The third-order valence-corrected chi connectivity index (χ3v) is 2.80. The number of aldehydes is 1. The fourth-order valence-corrected chi connectivity index (χ4v) is 1.72. The van der Waals surface area contributed by atoms with E-state index in [-0.39, 0.29) is 10.8 Å². The SMILES string of the molecule is O=Cc1ccc(Oc2ccc(C(F)(F)F)cc2Cl)cc1. The molecule has 0 aromatic heterocycles. The summed E-state index contributed by atoms with van der Waals surface area (Å²) < 4.78 is 42.8. The van der Waals surface area contributed by atoms with Crippen LogP contribution in [0.2, 0.25) is 5.02 Å². The molecular formula is C14H8ClF3O2. The van der Waals surface area contributed by atoms with Gasteiger partial charge in [0.25, 0.3) is 0 Å². The number of hydrogen-bond donors (Lipinski definition) is 0. The maximum Gasteiger partial charge on any atom is 0.416 e. The summed E-state index contributed by atoms with van der Waals surface area (Å²) in [5.74, 6) is 0.482. The van der Waals surface area contributed by atoms with Crippen molar-refractivity contribution in [2.45, 2.75) is 6.18 Å². The zero-order valence-electron chi connectivity index (χ0n) is 9.95. The molecular weight excluding hydrogens is 293 g/mol. The molecule has 0 atom stereocenters. The smallest absolute Gasteiger partial charge is 0.416 e. The van der Waals surface area contributed by atoms with Crippen LogP contribution in [0, 0.1) is 0 Å². The van der Waals surface area contributed by atoms with E-state index >= 15 is 0 Å². The molecule has 2 rings (SSSR count). The lowest BCUT2D eigenvalue weighted by atomic mass is 10.2. The summed E-state index contributed by atoms with van der Waals surface area (Å²) in [5, 5.41) is -0.140. The van der Waals surface area contributed by atoms with Gasteiger partial charge in [0.05, 0.1) is 10.6 Å². The Kier molecular flexibility index (Phi) is 3.99. The van der Waals surface area contributed by atoms with Crippen molar-refractivity contribution in [3.8, 4) is 11.5 Å². The van der Waals surface area contributed by atoms with Gasteiger partial charge in [0, 0.05) is 5.56 Å². The van der Waals surface area contributed by atoms with Crippen molar-refractivity contribution < 1.29 is 22.7 Å². The van der Waals surface area contributed by atoms with E-state index in [4.69, 9.17) is 16.3 Å². The van der Waals surface area contributed by atoms with Crippen molar-refractivity contribution in [3.63, 3.8) is 0 Å². The lowest BCUT2D eigenvalue weighted by Gasteiger charge is -2.11. The first-order valence-corrected chi connectivity index (χ1v) is 5.88. The maximum atomic E-state index is 12.5. The maximum absolute atomic E-state index is 12.5. The van der Waals surface area contributed by atoms with Crippen LogP contribution in [0.4, 0.5) is 13.2 Å². The highest BCUT2D eigenvalue weighted by Crippen LogP contribution is 2.36. The average Bonchev–Trinajstić information content (AvgIpc) is 2.41. The topological polar surface area (TPSA) is 26.3 Å². The highest BCUT2D eigenvalue weighted by atomic mass is 35.5. The molecule has 0 radical (unpaired) electrons. The molecule has 0 saturated carbocycles. The summed E-state index contributed by atoms with van der Waals surface area (Å²) in [6.07, 6.45) is -3.78. The van der Waals surface area contributed by atoms with E-state index < -0.39 is 11.7 Å². The molecule has 0 saturated heterocycles. The Morgan fingerprint density at radius 1 is 1.05 bits per heavy atom. The van der Waals surface area contributed by atoms with Gasteiger partial charge >= 0.3 is 6.18 Å². The number of rotatable bonds is 3. The molecule has 0 aliphatic heterocycles. The van der Waals surface area contributed by atoms with Crippen LogP contribution in [0.15, 0.2) is 42.5 Å². The van der Waals surface area contributed by atoms with Gasteiger partial charge in [-0.05, 0) is 42.5 Å². The largest absolute Gasteiger partial charge is 0.456 e. The summed E-state index contributed by atoms with van der Waals surface area (Å²) in [6.45, 7) is 0. The molecule has 0 heterocycles. The molecule has 2 nitrogen and oxygen atoms in total. The number of halogens is 4. The van der Waals surface area contributed by atoms with Crippen molar-refractivity contribution >= 4 is 17.9 Å². The molecule has 0 N–H and O–H groups in total. The van der Waals surface area contributed by atoms with Crippen molar-refractivity contribution in [3.05, 3.63) is 58.6 Å². The number of ether oxygens (including phenoxy) is 1. The minimum atomic E-state index is -4.45. The zero-order chi connectivity index (χ0) is 14.8. The highest BCUT2D eigenvalue weighted by molar-refractivity contribution is 6.32. The molecule has 104 valence electrons. The minimum Gasteiger partial charge on any atom is -0.456 e. The Morgan fingerprint density at radius 2 is 1.70 bits per heavy atom. The molecule has 0 fully saturated rings. The quantitative estimate of drug-likeness (QED) is 0.749. The Hall–Kier alpha value is -2.01. The van der Waals surface area contributed by atoms with E-state index in [2.05, 4.69) is 0 Å². The lowest BCUT2D eigenvalue weighted by Crippen LogP contribution is -2.04. The van der Waals surface area contributed by atoms with Crippen LogP contribution in [0.5, 0.6) is 11.5 Å². The van der Waals surface area contributed by atoms with Crippen LogP contribution in [0.25, 0.3) is 0 Å². The zero-order valence-corrected chi connectivity index (χ0v) is 10.7. The van der Waals surface area contributed by atoms with Crippen molar-refractivity contribution in [2.75, 3.05) is 0 Å². The van der Waals surface area contributed by atoms with Gasteiger partial charge < -0.3 is 4.74 Å². The van der Waals surface area contributed by atoms with Crippen LogP contribution in [-0.2, 0) is 6.18 Å². The molecule has 0 amide bonds. The summed E-state index contributed by atoms with van der Waals surface area (Å²) in [4.78, 5) is 10.5. The molecule has 0 aliphatic carbocycles. The normalized spacial score (nSPS) is 11.2. The second-order valence-corrected chi connectivity index (χ2v) is 4.34. The van der Waals surface area contributed by atoms with Gasteiger partial charge in [-0.1, -0.05) is 11.6 Å². The van der Waals surface area contributed by atoms with E-state index in [0.717, 1.165) is 18.2 Å². The van der Waals surface area contributed by atoms with E-state index in [0.29, 0.717) is 17.6 Å². The van der Waals surface area contributed by atoms with E-state index in [1.807, 2.05) is 0 Å². The van der Waals surface area contributed by atoms with Gasteiger partial charge in [0.2, 0.25) is 0 Å². The van der Waals surface area contributed by atoms with Crippen LogP contribution >= 0.6 is 11.6 Å². The van der Waals surface area contributed by atoms with E-state index in [1.165, 1.54) is 24.3 Å². The number of hydrogen-bond acceptors (Lipinski definition) is 2. The molecule has 6 heteroatoms. The van der Waals surface area contributed by atoms with E-state index in [1.54, 1.807) is 0 Å². The fraction of sp³-hybridized carbons (Fsp3) is 0.0714. The molecule has 0 unspecified atom stereocenters. The Labute approximate surface area is 117 Å². The third-order valence-electron chi connectivity index (χ3n) is 2.50. The van der Waals surface area contributed by atoms with Crippen LogP contribution in [0.1, 0.15) is 15.9 Å². The first kappa shape index (κ1) is 14.4. The second kappa shape index (κ2) is 5.54. The average molecular weight is 301 g/mol. The predicted octanol–water partition coefficient (Wildman–Crippen LogP) is 4.96. The monoisotopic (exact) mass is 300 g/mol. The highest BCUT2D eigenvalue weighted by Gasteiger charge is 2.31. The molecule has 0 bridgehead atoms. The summed E-state index contributed by atoms with van der Waals surface area (Å²) >= 11 is 5.76. The van der Waals surface area contributed by atoms with Crippen molar-refractivity contribution in [1.29, 1.82) is 0 Å². The number of benzene rings is 2. The molecule has 2 aromatic rings. The fourth-order valence-electron chi connectivity index (χ4n) is 1.50. The standard InChI is InChI=1S/C14H8ClF3O2/c15-12-7-10(14(16,17)18)3-6-13(12)20-11-4-1-9(8-19)2-5-11/h1-8H. The number of alkyl halides is 3. The van der Waals surface area contributed by atoms with Crippen molar-refractivity contribution in [1.82, 2.24) is 0 Å². The molecule has 2 aromatic carbocycles. The first-order chi connectivity index (χ1) is 9.40. The van der Waals surface area contributed by atoms with Crippen LogP contribution < -0.4 is 4.74 Å². The Morgan fingerprint density at radius 3 is 2.20 bits per heavy atom. The van der Waals surface area contributed by atoms with Crippen molar-refractivity contribution in [2.24, 2.45) is 0 Å². The van der Waals surface area contributed by atoms with Gasteiger partial charge in [-0.3, -0.25) is 4.79 Å². The Bertz CT molecular complexity index is 621. The van der Waals surface area contributed by atoms with Crippen LogP contribution in [0.3, 0.4) is 0 Å². The van der Waals surface area contributed by atoms with Crippen LogP contribution in [-0.4, -0.2) is 6.29 Å². The molecule has 0 spiro atoms. The van der Waals surface area contributed by atoms with E-state index in [9.17, 15) is 18.0 Å². The molecule has 0 aliphatic rings. The number of carbonyl (C=O) groups is 1. The summed E-state index contributed by atoms with van der Waals surface area (Å²) in [5.41, 5.74) is -0.373. The van der Waals surface area contributed by atoms with Gasteiger partial charge in [0.15, 0.2) is 0 Å². The van der Waals surface area contributed by atoms with Gasteiger partial charge in [0.1, 0.15) is 17.8 Å². The first-order valence-electron chi connectivity index (χ1n) is 5.50. The summed E-state index contributed by atoms with van der Waals surface area (Å²) in [7, 11) is 0. The second-order valence-electron chi connectivity index (χ2n) is 3.93. The minimum absolute atomic E-state index is 0.110. The van der Waals surface area contributed by atoms with Gasteiger partial charge in [-0.15, -0.1) is 0 Å². The van der Waals surface area contributed by atoms with Gasteiger partial charge in [-0.25, -0.2) is 0 Å². The lowest BCUT2D eigenvalue weighted by molar-refractivity contribution is -0.137. The predicted molar refractivity (Wildman–Crippen MR) is 68.4 cm³/mol. The third kappa shape index (κ3) is 3.30. The Balaban J connectivity index is 2.23. The van der Waals surface area contributed by atoms with Gasteiger partial charge in [-0.2, -0.15) is 13.2 Å².